The van der Waals surface area contributed by atoms with Crippen molar-refractivity contribution in [2.24, 2.45) is 0 Å². The van der Waals surface area contributed by atoms with Crippen molar-refractivity contribution >= 4 is 21.6 Å². The van der Waals surface area contributed by atoms with Gasteiger partial charge in [0.15, 0.2) is 0 Å². The van der Waals surface area contributed by atoms with Crippen LogP contribution in [0.2, 0.25) is 0 Å². The van der Waals surface area contributed by atoms with E-state index in [1.807, 2.05) is 13.0 Å². The van der Waals surface area contributed by atoms with Crippen LogP contribution in [0.3, 0.4) is 0 Å². The Morgan fingerprint density at radius 1 is 1.18 bits per heavy atom. The summed E-state index contributed by atoms with van der Waals surface area (Å²) in [6.07, 6.45) is 1.59. The van der Waals surface area contributed by atoms with Gasteiger partial charge in [-0.25, -0.2) is 8.42 Å². The van der Waals surface area contributed by atoms with E-state index in [1.165, 1.54) is 10.4 Å². The second-order valence-corrected chi connectivity index (χ2v) is 8.59. The number of furan rings is 1. The molecule has 1 aromatic heterocycles. The summed E-state index contributed by atoms with van der Waals surface area (Å²) in [5.74, 6) is 0.482. The highest BCUT2D eigenvalue weighted by molar-refractivity contribution is 7.89. The Morgan fingerprint density at radius 2 is 1.86 bits per heavy atom. The van der Waals surface area contributed by atoms with Crippen LogP contribution in [0.15, 0.2) is 45.9 Å². The molecule has 1 heterocycles. The van der Waals surface area contributed by atoms with Crippen molar-refractivity contribution in [3.63, 3.8) is 0 Å². The number of hydrogen-bond acceptors (Lipinski definition) is 5. The third kappa shape index (κ3) is 5.01. The van der Waals surface area contributed by atoms with Crippen molar-refractivity contribution in [2.75, 3.05) is 18.4 Å². The number of hydrogen-bond donors (Lipinski definition) is 2. The highest BCUT2D eigenvalue weighted by atomic mass is 32.2. The summed E-state index contributed by atoms with van der Waals surface area (Å²) in [4.78, 5) is 12.8. The molecule has 28 heavy (non-hydrogen) atoms. The summed E-state index contributed by atoms with van der Waals surface area (Å²) in [7, 11) is -3.61. The SMILES string of the molecule is CCN(CC)S(=O)(=O)c1cc(NC(=O)[C@@H](C)N[C@@H](C)c2ccco2)ccc1C. The fourth-order valence-corrected chi connectivity index (χ4v) is 4.69. The minimum Gasteiger partial charge on any atom is -0.468 e. The molecule has 0 saturated heterocycles. The zero-order valence-corrected chi connectivity index (χ0v) is 17.8. The number of amides is 1. The number of nitrogens with one attached hydrogen (secondary N) is 2. The quantitative estimate of drug-likeness (QED) is 0.665. The van der Waals surface area contributed by atoms with Crippen LogP contribution in [0.5, 0.6) is 0 Å². The number of rotatable bonds is 9. The molecule has 1 aromatic carbocycles. The summed E-state index contributed by atoms with van der Waals surface area (Å²) in [6.45, 7) is 9.78. The number of aryl methyl sites for hydroxylation is 1. The number of carbonyl (C=O) groups excluding carboxylic acids is 1. The van der Waals surface area contributed by atoms with Gasteiger partial charge in [0.1, 0.15) is 5.76 Å². The van der Waals surface area contributed by atoms with Crippen molar-refractivity contribution in [2.45, 2.75) is 51.6 Å². The number of benzene rings is 1. The van der Waals surface area contributed by atoms with Crippen LogP contribution in [-0.2, 0) is 14.8 Å². The molecule has 2 rings (SSSR count). The molecule has 0 aliphatic heterocycles. The zero-order chi connectivity index (χ0) is 20.9. The molecule has 2 N–H and O–H groups in total. The minimum atomic E-state index is -3.61. The number of nitrogens with zero attached hydrogens (tertiary/aromatic N) is 1. The molecule has 0 bridgehead atoms. The first-order valence-electron chi connectivity index (χ1n) is 9.41. The van der Waals surface area contributed by atoms with E-state index in [1.54, 1.807) is 52.2 Å². The molecule has 1 amide bonds. The van der Waals surface area contributed by atoms with Crippen molar-refractivity contribution in [3.05, 3.63) is 47.9 Å². The van der Waals surface area contributed by atoms with Gasteiger partial charge >= 0.3 is 0 Å². The molecule has 0 aliphatic rings. The van der Waals surface area contributed by atoms with Gasteiger partial charge in [0.25, 0.3) is 0 Å². The van der Waals surface area contributed by atoms with E-state index in [2.05, 4.69) is 10.6 Å². The predicted molar refractivity (Wildman–Crippen MR) is 110 cm³/mol. The Kier molecular flexibility index (Phi) is 7.40. The summed E-state index contributed by atoms with van der Waals surface area (Å²) in [5, 5.41) is 5.95. The zero-order valence-electron chi connectivity index (χ0n) is 17.0. The standard InChI is InChI=1S/C20H29N3O4S/c1-6-23(7-2)28(25,26)19-13-17(11-10-14(19)3)22-20(24)16(5)21-15(4)18-9-8-12-27-18/h8-13,15-16,21H,6-7H2,1-5H3,(H,22,24)/t15-,16+/m0/s1. The van der Waals surface area contributed by atoms with Gasteiger partial charge in [-0.15, -0.1) is 0 Å². The molecule has 0 radical (unpaired) electrons. The molecule has 0 spiro atoms. The average molecular weight is 408 g/mol. The van der Waals surface area contributed by atoms with E-state index in [0.29, 0.717) is 24.3 Å². The van der Waals surface area contributed by atoms with E-state index in [9.17, 15) is 13.2 Å². The van der Waals surface area contributed by atoms with E-state index >= 15 is 0 Å². The lowest BCUT2D eigenvalue weighted by Gasteiger charge is -2.21. The van der Waals surface area contributed by atoms with Crippen molar-refractivity contribution in [1.82, 2.24) is 9.62 Å². The van der Waals surface area contributed by atoms with E-state index < -0.39 is 16.1 Å². The van der Waals surface area contributed by atoms with E-state index in [4.69, 9.17) is 4.42 Å². The fourth-order valence-electron chi connectivity index (χ4n) is 2.98. The largest absolute Gasteiger partial charge is 0.468 e. The summed E-state index contributed by atoms with van der Waals surface area (Å²) >= 11 is 0. The Balaban J connectivity index is 2.15. The topological polar surface area (TPSA) is 91.7 Å². The van der Waals surface area contributed by atoms with Gasteiger partial charge in [-0.05, 0) is 50.6 Å². The first-order valence-corrected chi connectivity index (χ1v) is 10.9. The Labute approximate surface area is 167 Å². The predicted octanol–water partition coefficient (Wildman–Crippen LogP) is 3.30. The van der Waals surface area contributed by atoms with Crippen LogP contribution in [0.1, 0.15) is 45.1 Å². The third-order valence-electron chi connectivity index (χ3n) is 4.64. The lowest BCUT2D eigenvalue weighted by atomic mass is 10.2. The van der Waals surface area contributed by atoms with Gasteiger partial charge in [-0.2, -0.15) is 4.31 Å². The Morgan fingerprint density at radius 3 is 2.43 bits per heavy atom. The molecule has 0 aliphatic carbocycles. The van der Waals surface area contributed by atoms with Gasteiger partial charge < -0.3 is 9.73 Å². The molecule has 7 nitrogen and oxygen atoms in total. The summed E-state index contributed by atoms with van der Waals surface area (Å²) in [6, 6.07) is 7.93. The van der Waals surface area contributed by atoms with Crippen LogP contribution in [0.4, 0.5) is 5.69 Å². The third-order valence-corrected chi connectivity index (χ3v) is 6.83. The van der Waals surface area contributed by atoms with Gasteiger partial charge in [-0.3, -0.25) is 10.1 Å². The number of carbonyl (C=O) groups is 1. The minimum absolute atomic E-state index is 0.132. The maximum absolute atomic E-state index is 12.9. The highest BCUT2D eigenvalue weighted by Gasteiger charge is 2.24. The monoisotopic (exact) mass is 407 g/mol. The molecular weight excluding hydrogens is 378 g/mol. The highest BCUT2D eigenvalue weighted by Crippen LogP contribution is 2.24. The molecule has 154 valence electrons. The number of sulfonamides is 1. The van der Waals surface area contributed by atoms with Crippen LogP contribution in [0, 0.1) is 6.92 Å². The first-order chi connectivity index (χ1) is 13.2. The van der Waals surface area contributed by atoms with Crippen LogP contribution < -0.4 is 10.6 Å². The van der Waals surface area contributed by atoms with E-state index in [0.717, 1.165) is 5.76 Å². The first kappa shape index (κ1) is 22.1. The molecule has 0 saturated carbocycles. The molecule has 2 atom stereocenters. The molecule has 2 aromatic rings. The van der Waals surface area contributed by atoms with Gasteiger partial charge in [0, 0.05) is 18.8 Å². The van der Waals surface area contributed by atoms with Crippen LogP contribution >= 0.6 is 0 Å². The Hall–Kier alpha value is -2.16. The van der Waals surface area contributed by atoms with Gasteiger partial charge in [0.05, 0.1) is 23.2 Å². The van der Waals surface area contributed by atoms with Gasteiger partial charge in [0.2, 0.25) is 15.9 Å². The van der Waals surface area contributed by atoms with Crippen molar-refractivity contribution < 1.29 is 17.6 Å². The van der Waals surface area contributed by atoms with Crippen LogP contribution in [-0.4, -0.2) is 37.8 Å². The second-order valence-electron chi connectivity index (χ2n) is 6.68. The maximum atomic E-state index is 12.9. The van der Waals surface area contributed by atoms with E-state index in [-0.39, 0.29) is 16.8 Å². The summed E-state index contributed by atoms with van der Waals surface area (Å²) < 4.78 is 32.4. The van der Waals surface area contributed by atoms with Crippen LogP contribution in [0.25, 0.3) is 0 Å². The fraction of sp³-hybridized carbons (Fsp3) is 0.450. The maximum Gasteiger partial charge on any atom is 0.243 e. The molecule has 0 unspecified atom stereocenters. The molecule has 8 heteroatoms. The average Bonchev–Trinajstić information content (AvgIpc) is 3.18. The Bertz CT molecular complexity index is 890. The van der Waals surface area contributed by atoms with Crippen molar-refractivity contribution in [1.29, 1.82) is 0 Å². The van der Waals surface area contributed by atoms with Gasteiger partial charge in [-0.1, -0.05) is 19.9 Å². The second kappa shape index (κ2) is 9.36. The number of anilines is 1. The smallest absolute Gasteiger partial charge is 0.243 e. The lowest BCUT2D eigenvalue weighted by Crippen LogP contribution is -2.39. The molecular formula is C20H29N3O4S. The van der Waals surface area contributed by atoms with Crippen molar-refractivity contribution in [3.8, 4) is 0 Å². The lowest BCUT2D eigenvalue weighted by molar-refractivity contribution is -0.118. The normalized spacial score (nSPS) is 14.1. The summed E-state index contributed by atoms with van der Waals surface area (Å²) in [5.41, 5.74) is 1.09. The molecule has 0 fully saturated rings.